The maximum absolute atomic E-state index is 3.31. The van der Waals surface area contributed by atoms with Crippen LogP contribution in [0.2, 0.25) is 0 Å². The monoisotopic (exact) mass is 564 g/mol. The number of rotatable bonds is 0. The molecule has 0 spiro atoms. The summed E-state index contributed by atoms with van der Waals surface area (Å²) >= 11 is 0. The zero-order chi connectivity index (χ0) is 17.4. The Balaban J connectivity index is 0.000000451. The van der Waals surface area contributed by atoms with Crippen molar-refractivity contribution in [3.8, 4) is 0 Å². The van der Waals surface area contributed by atoms with E-state index in [1.54, 1.807) is 0 Å². The van der Waals surface area contributed by atoms with Crippen LogP contribution >= 0.6 is 0 Å². The van der Waals surface area contributed by atoms with Gasteiger partial charge in [0.25, 0.3) is 0 Å². The standard InChI is InChI=1S/2C12H13.2ClH.Hf/c2*1-8-4-5-11-6-9(2)10(3)7-12(8)11;;;/h2*5-8H,1-3H3;2*1H;/q2*-1;;;+4/p-2. The van der Waals surface area contributed by atoms with E-state index in [0.717, 1.165) is 0 Å². The molecule has 0 radical (unpaired) electrons. The summed E-state index contributed by atoms with van der Waals surface area (Å²) in [6.07, 6.45) is 10.8. The third-order valence-corrected chi connectivity index (χ3v) is 5.31. The third kappa shape index (κ3) is 5.68. The largest absolute Gasteiger partial charge is 4.00 e. The van der Waals surface area contributed by atoms with Crippen LogP contribution in [0.3, 0.4) is 0 Å². The van der Waals surface area contributed by atoms with Gasteiger partial charge in [0.2, 0.25) is 0 Å². The van der Waals surface area contributed by atoms with Crippen molar-refractivity contribution in [3.05, 3.63) is 80.9 Å². The molecule has 0 saturated heterocycles. The van der Waals surface area contributed by atoms with Crippen molar-refractivity contribution in [2.24, 2.45) is 0 Å². The fourth-order valence-electron chi connectivity index (χ4n) is 3.33. The zero-order valence-electron chi connectivity index (χ0n) is 16.9. The normalized spacial score (nSPS) is 17.6. The van der Waals surface area contributed by atoms with E-state index >= 15 is 0 Å². The topological polar surface area (TPSA) is 0 Å². The van der Waals surface area contributed by atoms with Crippen LogP contribution in [-0.4, -0.2) is 0 Å². The first-order valence-corrected chi connectivity index (χ1v) is 8.77. The van der Waals surface area contributed by atoms with Crippen LogP contribution in [0.5, 0.6) is 0 Å². The van der Waals surface area contributed by atoms with E-state index in [9.17, 15) is 0 Å². The first kappa shape index (κ1) is 26.4. The molecule has 2 atom stereocenters. The first-order chi connectivity index (χ1) is 11.4. The van der Waals surface area contributed by atoms with Crippen molar-refractivity contribution in [2.75, 3.05) is 0 Å². The molecule has 0 nitrogen and oxygen atoms in total. The molecule has 0 N–H and O–H groups in total. The summed E-state index contributed by atoms with van der Waals surface area (Å²) in [6.45, 7) is 13.0. The molecule has 0 fully saturated rings. The molecule has 3 heteroatoms. The summed E-state index contributed by atoms with van der Waals surface area (Å²) in [5.41, 5.74) is 11.1. The van der Waals surface area contributed by atoms with Crippen LogP contribution in [0.4, 0.5) is 0 Å². The van der Waals surface area contributed by atoms with Gasteiger partial charge in [0.15, 0.2) is 0 Å². The van der Waals surface area contributed by atoms with Gasteiger partial charge in [-0.3, -0.25) is 12.2 Å². The smallest absolute Gasteiger partial charge is 1.00 e. The van der Waals surface area contributed by atoms with Gasteiger partial charge < -0.3 is 24.8 Å². The quantitative estimate of drug-likeness (QED) is 0.323. The van der Waals surface area contributed by atoms with E-state index in [-0.39, 0.29) is 50.7 Å². The van der Waals surface area contributed by atoms with Crippen molar-refractivity contribution in [1.82, 2.24) is 0 Å². The Kier molecular flexibility index (Phi) is 10.5. The fraction of sp³-hybridized carbons (Fsp3) is 0.333. The Morgan fingerprint density at radius 1 is 0.593 bits per heavy atom. The Morgan fingerprint density at radius 2 is 0.889 bits per heavy atom. The number of aryl methyl sites for hydroxylation is 4. The molecule has 0 aromatic heterocycles. The molecule has 4 rings (SSSR count). The van der Waals surface area contributed by atoms with Crippen LogP contribution in [0.1, 0.15) is 70.2 Å². The van der Waals surface area contributed by atoms with Gasteiger partial charge in [-0.15, -0.1) is 23.3 Å². The van der Waals surface area contributed by atoms with Crippen molar-refractivity contribution in [1.29, 1.82) is 0 Å². The summed E-state index contributed by atoms with van der Waals surface area (Å²) in [5, 5.41) is 0. The van der Waals surface area contributed by atoms with Crippen LogP contribution in [0.25, 0.3) is 12.2 Å². The number of benzene rings is 2. The van der Waals surface area contributed by atoms with Gasteiger partial charge in [0, 0.05) is 0 Å². The van der Waals surface area contributed by atoms with Gasteiger partial charge in [-0.2, -0.15) is 11.1 Å². The van der Waals surface area contributed by atoms with E-state index < -0.39 is 0 Å². The van der Waals surface area contributed by atoms with Crippen LogP contribution in [0, 0.1) is 39.8 Å². The number of hydrogen-bond donors (Lipinski definition) is 0. The summed E-state index contributed by atoms with van der Waals surface area (Å²) < 4.78 is 0. The minimum atomic E-state index is 0. The van der Waals surface area contributed by atoms with E-state index in [4.69, 9.17) is 0 Å². The van der Waals surface area contributed by atoms with Gasteiger partial charge in [-0.1, -0.05) is 60.1 Å². The minimum Gasteiger partial charge on any atom is -1.00 e. The van der Waals surface area contributed by atoms with Crippen LogP contribution in [0.15, 0.2) is 24.3 Å². The Morgan fingerprint density at radius 3 is 1.22 bits per heavy atom. The molecule has 2 aliphatic rings. The summed E-state index contributed by atoms with van der Waals surface area (Å²) in [7, 11) is 0. The molecule has 140 valence electrons. The molecular weight excluding hydrogens is 538 g/mol. The molecule has 0 amide bonds. The van der Waals surface area contributed by atoms with Gasteiger partial charge >= 0.3 is 25.8 Å². The second-order valence-corrected chi connectivity index (χ2v) is 7.20. The van der Waals surface area contributed by atoms with Gasteiger partial charge in [-0.25, -0.2) is 12.2 Å². The second kappa shape index (κ2) is 10.8. The predicted molar refractivity (Wildman–Crippen MR) is 104 cm³/mol. The summed E-state index contributed by atoms with van der Waals surface area (Å²) in [6, 6.07) is 9.07. The first-order valence-electron chi connectivity index (χ1n) is 8.77. The van der Waals surface area contributed by atoms with Crippen molar-refractivity contribution in [3.63, 3.8) is 0 Å². The van der Waals surface area contributed by atoms with E-state index in [1.807, 2.05) is 0 Å². The number of hydrogen-bond acceptors (Lipinski definition) is 0. The molecular formula is C24H26Cl2Hf. The molecule has 27 heavy (non-hydrogen) atoms. The molecule has 0 bridgehead atoms. The molecule has 2 aromatic carbocycles. The SMILES string of the molecule is Cc1cc2c(cc1C)C(C)[C-]=C2.Cc1cc2c(cc1C)C(C)[C-]=C2.[Cl-].[Cl-].[Hf+4]. The van der Waals surface area contributed by atoms with Crippen molar-refractivity contribution in [2.45, 2.75) is 53.4 Å². The summed E-state index contributed by atoms with van der Waals surface area (Å²) in [5.74, 6) is 0.971. The second-order valence-electron chi connectivity index (χ2n) is 7.20. The Bertz CT molecular complexity index is 778. The van der Waals surface area contributed by atoms with Gasteiger partial charge in [0.1, 0.15) is 0 Å². The Hall–Kier alpha value is -0.630. The van der Waals surface area contributed by atoms with Gasteiger partial charge in [0.05, 0.1) is 0 Å². The molecule has 0 saturated carbocycles. The van der Waals surface area contributed by atoms with E-state index in [0.29, 0.717) is 11.8 Å². The van der Waals surface area contributed by atoms with E-state index in [2.05, 4.69) is 90.1 Å². The maximum Gasteiger partial charge on any atom is 4.00 e. The Labute approximate surface area is 196 Å². The third-order valence-electron chi connectivity index (χ3n) is 5.31. The number of halogens is 2. The maximum atomic E-state index is 3.31. The molecule has 2 unspecified atom stereocenters. The van der Waals surface area contributed by atoms with Crippen LogP contribution in [-0.2, 0) is 25.8 Å². The van der Waals surface area contributed by atoms with Crippen molar-refractivity contribution < 1.29 is 50.7 Å². The minimum absolute atomic E-state index is 0. The zero-order valence-corrected chi connectivity index (χ0v) is 22.0. The average molecular weight is 564 g/mol. The van der Waals surface area contributed by atoms with Crippen molar-refractivity contribution >= 4 is 12.2 Å². The number of fused-ring (bicyclic) bond motifs is 2. The van der Waals surface area contributed by atoms with Gasteiger partial charge in [-0.05, 0) is 27.7 Å². The molecule has 2 aliphatic carbocycles. The predicted octanol–water partition coefficient (Wildman–Crippen LogP) is 0.479. The molecule has 0 aliphatic heterocycles. The van der Waals surface area contributed by atoms with E-state index in [1.165, 1.54) is 44.5 Å². The molecule has 2 aromatic rings. The van der Waals surface area contributed by atoms with Crippen LogP contribution < -0.4 is 24.8 Å². The average Bonchev–Trinajstić information content (AvgIpc) is 3.06. The fourth-order valence-corrected chi connectivity index (χ4v) is 3.33. The summed E-state index contributed by atoms with van der Waals surface area (Å²) in [4.78, 5) is 0. The molecule has 0 heterocycles. The number of allylic oxidation sites excluding steroid dienone is 2.